The number of aryl methyl sites for hydroxylation is 1. The van der Waals surface area contributed by atoms with Gasteiger partial charge in [0.05, 0.1) is 5.52 Å². The van der Waals surface area contributed by atoms with Gasteiger partial charge in [0.25, 0.3) is 0 Å². The summed E-state index contributed by atoms with van der Waals surface area (Å²) in [5, 5.41) is 4.91. The summed E-state index contributed by atoms with van der Waals surface area (Å²) in [6.45, 7) is 2.05. The van der Waals surface area contributed by atoms with Crippen LogP contribution in [0.25, 0.3) is 10.9 Å². The van der Waals surface area contributed by atoms with Crippen LogP contribution in [0.5, 0.6) is 0 Å². The Kier molecular flexibility index (Phi) is 4.28. The van der Waals surface area contributed by atoms with Gasteiger partial charge in [-0.05, 0) is 44.0 Å². The molecular weight excluding hydrogens is 258 g/mol. The second kappa shape index (κ2) is 6.33. The number of rotatable bonds is 2. The lowest BCUT2D eigenvalue weighted by molar-refractivity contribution is 0.471. The zero-order valence-corrected chi connectivity index (χ0v) is 12.9. The van der Waals surface area contributed by atoms with E-state index in [-0.39, 0.29) is 0 Å². The fourth-order valence-electron chi connectivity index (χ4n) is 3.32. The van der Waals surface area contributed by atoms with Crippen LogP contribution < -0.4 is 11.1 Å². The molecule has 2 aromatic rings. The summed E-state index contributed by atoms with van der Waals surface area (Å²) < 4.78 is 0. The molecule has 0 aliphatic heterocycles. The van der Waals surface area contributed by atoms with Crippen molar-refractivity contribution in [1.82, 2.24) is 4.98 Å². The molecule has 1 aliphatic carbocycles. The van der Waals surface area contributed by atoms with Crippen LogP contribution in [0.1, 0.15) is 50.6 Å². The Morgan fingerprint density at radius 1 is 1.05 bits per heavy atom. The van der Waals surface area contributed by atoms with E-state index in [0.717, 1.165) is 22.3 Å². The third-order valence-electron chi connectivity index (χ3n) is 4.43. The van der Waals surface area contributed by atoms with Crippen molar-refractivity contribution in [2.24, 2.45) is 0 Å². The quantitative estimate of drug-likeness (QED) is 0.789. The van der Waals surface area contributed by atoms with Crippen LogP contribution in [0.3, 0.4) is 0 Å². The molecule has 21 heavy (non-hydrogen) atoms. The molecule has 0 amide bonds. The van der Waals surface area contributed by atoms with Crippen molar-refractivity contribution in [2.75, 3.05) is 11.1 Å². The summed E-state index contributed by atoms with van der Waals surface area (Å²) in [7, 11) is 0. The Hall–Kier alpha value is -1.77. The molecule has 0 radical (unpaired) electrons. The average Bonchev–Trinajstić information content (AvgIpc) is 2.42. The first-order chi connectivity index (χ1) is 10.2. The van der Waals surface area contributed by atoms with E-state index in [1.165, 1.54) is 50.6 Å². The maximum Gasteiger partial charge on any atom is 0.0727 e. The van der Waals surface area contributed by atoms with Crippen LogP contribution in [0.15, 0.2) is 24.3 Å². The van der Waals surface area contributed by atoms with Crippen molar-refractivity contribution in [3.63, 3.8) is 0 Å². The van der Waals surface area contributed by atoms with Crippen molar-refractivity contribution in [3.8, 4) is 0 Å². The third-order valence-corrected chi connectivity index (χ3v) is 4.43. The van der Waals surface area contributed by atoms with Gasteiger partial charge in [0.15, 0.2) is 0 Å². The average molecular weight is 283 g/mol. The molecule has 0 spiro atoms. The Labute approximate surface area is 127 Å². The highest BCUT2D eigenvalue weighted by Crippen LogP contribution is 2.28. The van der Waals surface area contributed by atoms with E-state index in [0.29, 0.717) is 6.04 Å². The number of nitrogens with zero attached hydrogens (tertiary/aromatic N) is 1. The number of anilines is 2. The number of nitrogens with two attached hydrogens (primary N) is 1. The van der Waals surface area contributed by atoms with Crippen LogP contribution >= 0.6 is 0 Å². The van der Waals surface area contributed by atoms with Gasteiger partial charge in [-0.2, -0.15) is 0 Å². The van der Waals surface area contributed by atoms with Crippen LogP contribution in [0.4, 0.5) is 11.4 Å². The number of nitrogens with one attached hydrogen (secondary N) is 1. The number of pyridine rings is 1. The minimum atomic E-state index is 0.580. The van der Waals surface area contributed by atoms with Crippen molar-refractivity contribution < 1.29 is 0 Å². The molecule has 1 aromatic heterocycles. The van der Waals surface area contributed by atoms with Gasteiger partial charge in [-0.15, -0.1) is 0 Å². The smallest absolute Gasteiger partial charge is 0.0727 e. The third kappa shape index (κ3) is 3.46. The van der Waals surface area contributed by atoms with Gasteiger partial charge in [-0.25, -0.2) is 0 Å². The number of nitrogen functional groups attached to an aromatic ring is 1. The minimum absolute atomic E-state index is 0.580. The van der Waals surface area contributed by atoms with Gasteiger partial charge in [-0.1, -0.05) is 32.1 Å². The predicted molar refractivity (Wildman–Crippen MR) is 90.6 cm³/mol. The Morgan fingerprint density at radius 2 is 1.76 bits per heavy atom. The van der Waals surface area contributed by atoms with Crippen molar-refractivity contribution >= 4 is 22.3 Å². The monoisotopic (exact) mass is 283 g/mol. The van der Waals surface area contributed by atoms with E-state index < -0.39 is 0 Å². The lowest BCUT2D eigenvalue weighted by Gasteiger charge is -2.23. The first-order valence-electron chi connectivity index (χ1n) is 8.16. The van der Waals surface area contributed by atoms with E-state index in [9.17, 15) is 0 Å². The SMILES string of the molecule is Cc1cc(NC2CCCCCCC2)c2cc(N)ccc2n1. The maximum absolute atomic E-state index is 5.95. The number of fused-ring (bicyclic) bond motifs is 1. The lowest BCUT2D eigenvalue weighted by Crippen LogP contribution is -2.20. The fourth-order valence-corrected chi connectivity index (χ4v) is 3.32. The second-order valence-electron chi connectivity index (χ2n) is 6.27. The van der Waals surface area contributed by atoms with Gasteiger partial charge < -0.3 is 11.1 Å². The van der Waals surface area contributed by atoms with Gasteiger partial charge in [0, 0.05) is 28.5 Å². The summed E-state index contributed by atoms with van der Waals surface area (Å²) in [6.07, 6.45) is 9.36. The summed E-state index contributed by atoms with van der Waals surface area (Å²) >= 11 is 0. The highest BCUT2D eigenvalue weighted by Gasteiger charge is 2.13. The minimum Gasteiger partial charge on any atom is -0.399 e. The highest BCUT2D eigenvalue weighted by molar-refractivity contribution is 5.93. The fraction of sp³-hybridized carbons (Fsp3) is 0.500. The van der Waals surface area contributed by atoms with Crippen molar-refractivity contribution in [1.29, 1.82) is 0 Å². The molecule has 3 nitrogen and oxygen atoms in total. The van der Waals surface area contributed by atoms with Crippen LogP contribution in [-0.4, -0.2) is 11.0 Å². The number of benzene rings is 1. The Morgan fingerprint density at radius 3 is 2.52 bits per heavy atom. The second-order valence-corrected chi connectivity index (χ2v) is 6.27. The molecule has 0 bridgehead atoms. The molecule has 0 saturated heterocycles. The van der Waals surface area contributed by atoms with E-state index >= 15 is 0 Å². The molecule has 1 aromatic carbocycles. The zero-order valence-electron chi connectivity index (χ0n) is 12.9. The Balaban J connectivity index is 1.89. The maximum atomic E-state index is 5.95. The molecule has 1 heterocycles. The van der Waals surface area contributed by atoms with Crippen LogP contribution in [-0.2, 0) is 0 Å². The summed E-state index contributed by atoms with van der Waals surface area (Å²) in [5.41, 5.74) is 10.0. The topological polar surface area (TPSA) is 50.9 Å². The molecule has 112 valence electrons. The van der Waals surface area contributed by atoms with E-state index in [1.54, 1.807) is 0 Å². The first-order valence-corrected chi connectivity index (χ1v) is 8.16. The number of aromatic nitrogens is 1. The van der Waals surface area contributed by atoms with Gasteiger partial charge in [0.2, 0.25) is 0 Å². The van der Waals surface area contributed by atoms with Gasteiger partial charge in [0.1, 0.15) is 0 Å². The number of hydrogen-bond acceptors (Lipinski definition) is 3. The largest absolute Gasteiger partial charge is 0.399 e. The first kappa shape index (κ1) is 14.2. The molecule has 3 heteroatoms. The highest BCUT2D eigenvalue weighted by atomic mass is 14.9. The standard InChI is InChI=1S/C18H25N3/c1-13-11-18(16-12-14(19)9-10-17(16)20-13)21-15-7-5-3-2-4-6-8-15/h9-12,15H,2-8,19H2,1H3,(H,20,21). The summed E-state index contributed by atoms with van der Waals surface area (Å²) in [6, 6.07) is 8.71. The lowest BCUT2D eigenvalue weighted by atomic mass is 9.96. The molecule has 1 aliphatic rings. The van der Waals surface area contributed by atoms with Gasteiger partial charge >= 0.3 is 0 Å². The van der Waals surface area contributed by atoms with Gasteiger partial charge in [-0.3, -0.25) is 4.98 Å². The molecule has 3 N–H and O–H groups in total. The molecule has 3 rings (SSSR count). The van der Waals surface area contributed by atoms with Crippen LogP contribution in [0, 0.1) is 6.92 Å². The molecule has 1 saturated carbocycles. The molecule has 1 fully saturated rings. The summed E-state index contributed by atoms with van der Waals surface area (Å²) in [4.78, 5) is 4.61. The zero-order chi connectivity index (χ0) is 14.7. The predicted octanol–water partition coefficient (Wildman–Crippen LogP) is 4.65. The van der Waals surface area contributed by atoms with E-state index in [2.05, 4.69) is 23.3 Å². The van der Waals surface area contributed by atoms with Crippen molar-refractivity contribution in [2.45, 2.75) is 57.9 Å². The Bertz CT molecular complexity index is 613. The van der Waals surface area contributed by atoms with E-state index in [4.69, 9.17) is 5.73 Å². The van der Waals surface area contributed by atoms with Crippen LogP contribution in [0.2, 0.25) is 0 Å². The van der Waals surface area contributed by atoms with E-state index in [1.807, 2.05) is 18.2 Å². The molecule has 0 atom stereocenters. The van der Waals surface area contributed by atoms with Crippen molar-refractivity contribution in [3.05, 3.63) is 30.0 Å². The normalized spacial score (nSPS) is 17.4. The molecular formula is C18H25N3. The summed E-state index contributed by atoms with van der Waals surface area (Å²) in [5.74, 6) is 0. The number of hydrogen-bond donors (Lipinski definition) is 2. The molecule has 0 unspecified atom stereocenters.